The van der Waals surface area contributed by atoms with Gasteiger partial charge in [0.05, 0.1) is 31.0 Å². The highest BCUT2D eigenvalue weighted by Crippen LogP contribution is 2.19. The van der Waals surface area contributed by atoms with E-state index >= 15 is 0 Å². The molecular weight excluding hydrogens is 548 g/mol. The number of nitrogens with one attached hydrogen (secondary N) is 2. The molecule has 8 N–H and O–H groups in total. The Hall–Kier alpha value is -6.00. The summed E-state index contributed by atoms with van der Waals surface area (Å²) < 4.78 is 0. The normalized spacial score (nSPS) is 11.4. The predicted octanol–water partition coefficient (Wildman–Crippen LogP) is 0.621. The van der Waals surface area contributed by atoms with Crippen molar-refractivity contribution in [3.8, 4) is 0 Å². The minimum Gasteiger partial charge on any atom is -0.481 e. The van der Waals surface area contributed by atoms with E-state index in [1.807, 2.05) is 11.9 Å². The van der Waals surface area contributed by atoms with Crippen molar-refractivity contribution in [3.05, 3.63) is 60.6 Å². The molecule has 0 aliphatic carbocycles. The summed E-state index contributed by atoms with van der Waals surface area (Å²) in [6.45, 7) is 0.370. The first-order valence-electron chi connectivity index (χ1n) is 12.3. The second kappa shape index (κ2) is 12.9. The zero-order valence-corrected chi connectivity index (χ0v) is 22.2. The zero-order valence-electron chi connectivity index (χ0n) is 22.2. The molecule has 0 saturated heterocycles. The highest BCUT2D eigenvalue weighted by atomic mass is 16.4. The molecular formula is C25H26N12O5. The summed E-state index contributed by atoms with van der Waals surface area (Å²) >= 11 is 0. The van der Waals surface area contributed by atoms with Crippen molar-refractivity contribution in [2.24, 2.45) is 0 Å². The number of nitrogens with zero attached hydrogens (tertiary/aromatic N) is 8. The maximum Gasteiger partial charge on any atom is 0.326 e. The number of aromatic amines is 1. The van der Waals surface area contributed by atoms with E-state index in [1.165, 1.54) is 18.5 Å². The number of carboxylic acids is 2. The summed E-state index contributed by atoms with van der Waals surface area (Å²) in [5.41, 5.74) is 15.2. The van der Waals surface area contributed by atoms with Crippen molar-refractivity contribution < 1.29 is 24.6 Å². The summed E-state index contributed by atoms with van der Waals surface area (Å²) in [4.78, 5) is 67.2. The molecule has 0 saturated carbocycles. The lowest BCUT2D eigenvalue weighted by molar-refractivity contribution is -0.140. The van der Waals surface area contributed by atoms with Gasteiger partial charge in [-0.3, -0.25) is 9.59 Å². The van der Waals surface area contributed by atoms with Crippen LogP contribution in [0.1, 0.15) is 28.9 Å². The highest BCUT2D eigenvalue weighted by molar-refractivity contribution is 5.97. The number of H-pyrrole nitrogens is 1. The molecule has 4 heterocycles. The van der Waals surface area contributed by atoms with Crippen LogP contribution in [-0.2, 0) is 16.1 Å². The van der Waals surface area contributed by atoms with E-state index in [0.717, 1.165) is 11.2 Å². The van der Waals surface area contributed by atoms with Crippen molar-refractivity contribution in [3.63, 3.8) is 0 Å². The summed E-state index contributed by atoms with van der Waals surface area (Å²) in [6.07, 6.45) is 5.73. The van der Waals surface area contributed by atoms with E-state index in [4.69, 9.17) is 16.6 Å². The minimum absolute atomic E-state index is 0.0138. The Kier molecular flexibility index (Phi) is 8.91. The third kappa shape index (κ3) is 7.34. The summed E-state index contributed by atoms with van der Waals surface area (Å²) in [6, 6.07) is 5.16. The molecule has 0 aliphatic heterocycles. The number of amides is 1. The molecule has 0 spiro atoms. The van der Waals surface area contributed by atoms with E-state index in [1.54, 1.807) is 30.9 Å². The number of benzene rings is 1. The average Bonchev–Trinajstić information content (AvgIpc) is 3.45. The molecule has 216 valence electrons. The number of aliphatic carboxylic acids is 2. The molecule has 5 rings (SSSR count). The first-order valence-corrected chi connectivity index (χ1v) is 12.3. The van der Waals surface area contributed by atoms with Gasteiger partial charge in [-0.1, -0.05) is 0 Å². The van der Waals surface area contributed by atoms with Gasteiger partial charge in [-0.05, 0) is 30.7 Å². The fraction of sp³-hybridized carbons (Fsp3) is 0.200. The van der Waals surface area contributed by atoms with Gasteiger partial charge in [0.1, 0.15) is 17.9 Å². The molecule has 1 amide bonds. The fourth-order valence-electron chi connectivity index (χ4n) is 3.72. The number of imidazole rings is 1. The van der Waals surface area contributed by atoms with E-state index < -0.39 is 23.9 Å². The molecule has 0 bridgehead atoms. The second-order valence-electron chi connectivity index (χ2n) is 8.86. The van der Waals surface area contributed by atoms with Gasteiger partial charge in [-0.25, -0.2) is 29.7 Å². The summed E-state index contributed by atoms with van der Waals surface area (Å²) in [7, 11) is 1.82. The van der Waals surface area contributed by atoms with Crippen LogP contribution in [0, 0.1) is 0 Å². The number of carbonyl (C=O) groups is 3. The van der Waals surface area contributed by atoms with Crippen molar-refractivity contribution >= 4 is 57.6 Å². The predicted molar refractivity (Wildman–Crippen MR) is 150 cm³/mol. The van der Waals surface area contributed by atoms with Gasteiger partial charge >= 0.3 is 11.9 Å². The van der Waals surface area contributed by atoms with Gasteiger partial charge in [0.2, 0.25) is 5.95 Å². The van der Waals surface area contributed by atoms with Gasteiger partial charge in [0.25, 0.3) is 5.91 Å². The topological polar surface area (TPSA) is 265 Å². The molecule has 17 nitrogen and oxygen atoms in total. The first kappa shape index (κ1) is 29.0. The fourth-order valence-corrected chi connectivity index (χ4v) is 3.72. The third-order valence-corrected chi connectivity index (χ3v) is 5.82. The number of aromatic nitrogens is 8. The van der Waals surface area contributed by atoms with Crippen LogP contribution < -0.4 is 21.7 Å². The van der Waals surface area contributed by atoms with Crippen molar-refractivity contribution in [1.29, 1.82) is 0 Å². The number of carbonyl (C=O) groups excluding carboxylic acids is 1. The smallest absolute Gasteiger partial charge is 0.326 e. The number of rotatable bonds is 9. The highest BCUT2D eigenvalue weighted by Gasteiger charge is 2.21. The van der Waals surface area contributed by atoms with Crippen molar-refractivity contribution in [2.75, 3.05) is 23.4 Å². The van der Waals surface area contributed by atoms with E-state index in [2.05, 4.69) is 45.2 Å². The lowest BCUT2D eigenvalue weighted by Gasteiger charge is -2.19. The molecule has 0 radical (unpaired) electrons. The molecule has 0 unspecified atom stereocenters. The Morgan fingerprint density at radius 3 is 2.45 bits per heavy atom. The average molecular weight is 575 g/mol. The SMILES string of the molecule is CN(Cc1cnc2nc(N)nc(N)c2n1)c1ccc(C(=O)N[C@@H](CCC(=O)O)C(=O)O)cc1.c1ncc2[nH]cnc2n1. The Balaban J connectivity index is 0.000000377. The molecule has 5 aromatic rings. The van der Waals surface area contributed by atoms with Crippen LogP contribution in [0.25, 0.3) is 22.3 Å². The summed E-state index contributed by atoms with van der Waals surface area (Å²) in [5.74, 6) is -2.91. The molecule has 0 aliphatic rings. The molecule has 1 atom stereocenters. The number of nitrogen functional groups attached to an aromatic ring is 2. The van der Waals surface area contributed by atoms with Crippen LogP contribution in [0.15, 0.2) is 49.3 Å². The van der Waals surface area contributed by atoms with Crippen LogP contribution in [0.2, 0.25) is 0 Å². The van der Waals surface area contributed by atoms with E-state index in [-0.39, 0.29) is 30.2 Å². The monoisotopic (exact) mass is 574 g/mol. The first-order chi connectivity index (χ1) is 20.1. The standard InChI is InChI=1S/C20H22N8O5.C5H4N4/c1-28(9-11-8-23-17-15(24-11)16(21)26-20(22)27-17)12-4-2-10(3-5-12)18(31)25-13(19(32)33)6-7-14(29)30;1-4-5(8-2-6-1)9-3-7-4/h2-5,8,13H,6-7,9H2,1H3,(H,25,31)(H,29,30)(H,32,33)(H4,21,22,23,26,27);1-3H,(H,6,7,8,9)/t13-;/m0./s1. The number of hydrogen-bond donors (Lipinski definition) is 6. The second-order valence-corrected chi connectivity index (χ2v) is 8.86. The molecule has 0 fully saturated rings. The number of carboxylic acid groups (broad SMARTS) is 2. The molecule has 1 aromatic carbocycles. The van der Waals surface area contributed by atoms with Crippen LogP contribution in [0.3, 0.4) is 0 Å². The van der Waals surface area contributed by atoms with Gasteiger partial charge < -0.3 is 36.9 Å². The quantitative estimate of drug-likeness (QED) is 0.141. The minimum atomic E-state index is -1.30. The van der Waals surface area contributed by atoms with E-state index in [9.17, 15) is 19.5 Å². The Labute approximate surface area is 237 Å². The third-order valence-electron chi connectivity index (χ3n) is 5.82. The lowest BCUT2D eigenvalue weighted by atomic mass is 10.1. The van der Waals surface area contributed by atoms with Crippen LogP contribution in [0.5, 0.6) is 0 Å². The molecule has 17 heteroatoms. The number of nitrogens with two attached hydrogens (primary N) is 2. The lowest BCUT2D eigenvalue weighted by Crippen LogP contribution is -2.41. The molecule has 4 aromatic heterocycles. The van der Waals surface area contributed by atoms with Gasteiger partial charge in [0.15, 0.2) is 22.6 Å². The number of anilines is 3. The van der Waals surface area contributed by atoms with Gasteiger partial charge in [-0.2, -0.15) is 9.97 Å². The van der Waals surface area contributed by atoms with Crippen LogP contribution in [-0.4, -0.2) is 81.0 Å². The number of fused-ring (bicyclic) bond motifs is 2. The van der Waals surface area contributed by atoms with Crippen molar-refractivity contribution in [1.82, 2.24) is 45.2 Å². The maximum atomic E-state index is 12.4. The largest absolute Gasteiger partial charge is 0.481 e. The van der Waals surface area contributed by atoms with Crippen LogP contribution in [0.4, 0.5) is 17.5 Å². The molecule has 42 heavy (non-hydrogen) atoms. The zero-order chi connectivity index (χ0) is 30.2. The Bertz CT molecular complexity index is 1700. The van der Waals surface area contributed by atoms with Gasteiger partial charge in [-0.15, -0.1) is 0 Å². The Morgan fingerprint density at radius 2 is 1.76 bits per heavy atom. The number of hydrogen-bond acceptors (Lipinski definition) is 13. The maximum absolute atomic E-state index is 12.4. The summed E-state index contributed by atoms with van der Waals surface area (Å²) in [5, 5.41) is 20.2. The van der Waals surface area contributed by atoms with Gasteiger partial charge in [0, 0.05) is 24.7 Å². The van der Waals surface area contributed by atoms with Crippen molar-refractivity contribution in [2.45, 2.75) is 25.4 Å². The Morgan fingerprint density at radius 1 is 1.00 bits per heavy atom. The van der Waals surface area contributed by atoms with Crippen LogP contribution >= 0.6 is 0 Å². The van der Waals surface area contributed by atoms with E-state index in [0.29, 0.717) is 29.0 Å².